The molecule has 0 N–H and O–H groups in total. The maximum atomic E-state index is 5.89. The van der Waals surface area contributed by atoms with Crippen LogP contribution in [-0.4, -0.2) is 13.2 Å². The van der Waals surface area contributed by atoms with Crippen molar-refractivity contribution in [1.29, 1.82) is 0 Å². The van der Waals surface area contributed by atoms with Gasteiger partial charge in [0.05, 0.1) is 13.2 Å². The summed E-state index contributed by atoms with van der Waals surface area (Å²) in [6, 6.07) is 34.5. The quantitative estimate of drug-likeness (QED) is 0.149. The molecule has 4 aromatic carbocycles. The summed E-state index contributed by atoms with van der Waals surface area (Å²) in [7, 11) is 0. The highest BCUT2D eigenvalue weighted by molar-refractivity contribution is 5.73. The normalized spacial score (nSPS) is 10.9. The standard InChI is InChI=1S/C36H42O2/c1-3-5-7-9-27-37-35-23-19-33(20-24-35)31-15-11-29(12-16-31)30-13-17-32(18-14-30)34-21-25-36(26-22-34)38-28-10-8-6-4-2/h11-26H,3-10,27-28H2,1-2H3. The van der Waals surface area contributed by atoms with Gasteiger partial charge in [-0.05, 0) is 70.5 Å². The largest absolute Gasteiger partial charge is 0.494 e. The van der Waals surface area contributed by atoms with E-state index >= 15 is 0 Å². The molecule has 0 unspecified atom stereocenters. The first-order chi connectivity index (χ1) is 18.8. The van der Waals surface area contributed by atoms with Gasteiger partial charge >= 0.3 is 0 Å². The molecule has 0 aliphatic rings. The first kappa shape index (κ1) is 27.5. The lowest BCUT2D eigenvalue weighted by atomic mass is 9.98. The lowest BCUT2D eigenvalue weighted by molar-refractivity contribution is 0.305. The first-order valence-electron chi connectivity index (χ1n) is 14.4. The molecule has 2 heteroatoms. The maximum absolute atomic E-state index is 5.89. The van der Waals surface area contributed by atoms with Crippen molar-refractivity contribution in [1.82, 2.24) is 0 Å². The molecule has 0 fully saturated rings. The zero-order valence-electron chi connectivity index (χ0n) is 23.1. The number of rotatable bonds is 15. The van der Waals surface area contributed by atoms with Crippen molar-refractivity contribution in [2.75, 3.05) is 13.2 Å². The molecule has 0 aliphatic heterocycles. The summed E-state index contributed by atoms with van der Waals surface area (Å²) in [6.45, 7) is 6.06. The summed E-state index contributed by atoms with van der Waals surface area (Å²) in [5.41, 5.74) is 7.29. The van der Waals surface area contributed by atoms with E-state index in [-0.39, 0.29) is 0 Å². The fourth-order valence-corrected chi connectivity index (χ4v) is 4.64. The molecule has 0 saturated heterocycles. The van der Waals surface area contributed by atoms with Crippen LogP contribution in [0.1, 0.15) is 65.2 Å². The summed E-state index contributed by atoms with van der Waals surface area (Å²) >= 11 is 0. The van der Waals surface area contributed by atoms with Gasteiger partial charge < -0.3 is 9.47 Å². The smallest absolute Gasteiger partial charge is 0.119 e. The molecule has 0 radical (unpaired) electrons. The molecule has 0 aliphatic carbocycles. The van der Waals surface area contributed by atoms with Gasteiger partial charge in [-0.25, -0.2) is 0 Å². The Labute approximate surface area is 229 Å². The molecule has 0 heterocycles. The predicted molar refractivity (Wildman–Crippen MR) is 162 cm³/mol. The van der Waals surface area contributed by atoms with E-state index in [2.05, 4.69) is 111 Å². The van der Waals surface area contributed by atoms with Gasteiger partial charge in [-0.1, -0.05) is 125 Å². The van der Waals surface area contributed by atoms with Crippen LogP contribution in [0.15, 0.2) is 97.1 Å². The zero-order chi connectivity index (χ0) is 26.4. The van der Waals surface area contributed by atoms with Gasteiger partial charge in [-0.3, -0.25) is 0 Å². The number of unbranched alkanes of at least 4 members (excludes halogenated alkanes) is 6. The monoisotopic (exact) mass is 506 g/mol. The lowest BCUT2D eigenvalue weighted by Gasteiger charge is -2.09. The predicted octanol–water partition coefficient (Wildman–Crippen LogP) is 10.6. The molecule has 0 spiro atoms. The highest BCUT2D eigenvalue weighted by Crippen LogP contribution is 2.29. The number of hydrogen-bond donors (Lipinski definition) is 0. The van der Waals surface area contributed by atoms with Crippen LogP contribution in [-0.2, 0) is 0 Å². The Balaban J connectivity index is 1.31. The number of benzene rings is 4. The Morgan fingerprint density at radius 3 is 0.868 bits per heavy atom. The Bertz CT molecular complexity index is 1090. The van der Waals surface area contributed by atoms with Gasteiger partial charge in [0.1, 0.15) is 11.5 Å². The van der Waals surface area contributed by atoms with E-state index in [1.807, 2.05) is 0 Å². The van der Waals surface area contributed by atoms with Gasteiger partial charge in [0.15, 0.2) is 0 Å². The van der Waals surface area contributed by atoms with Crippen LogP contribution in [0.4, 0.5) is 0 Å². The van der Waals surface area contributed by atoms with Crippen LogP contribution in [0, 0.1) is 0 Å². The van der Waals surface area contributed by atoms with Crippen molar-refractivity contribution in [3.05, 3.63) is 97.1 Å². The van der Waals surface area contributed by atoms with E-state index in [0.29, 0.717) is 0 Å². The minimum atomic E-state index is 0.797. The van der Waals surface area contributed by atoms with E-state index in [9.17, 15) is 0 Å². The third-order valence-electron chi connectivity index (χ3n) is 7.01. The molecule has 0 amide bonds. The van der Waals surface area contributed by atoms with E-state index in [1.54, 1.807) is 0 Å². The molecule has 4 aromatic rings. The molecular formula is C36H42O2. The maximum Gasteiger partial charge on any atom is 0.119 e. The Morgan fingerprint density at radius 2 is 0.605 bits per heavy atom. The van der Waals surface area contributed by atoms with E-state index < -0.39 is 0 Å². The van der Waals surface area contributed by atoms with Crippen LogP contribution < -0.4 is 9.47 Å². The van der Waals surface area contributed by atoms with E-state index in [0.717, 1.165) is 37.6 Å². The van der Waals surface area contributed by atoms with Crippen molar-refractivity contribution >= 4 is 0 Å². The van der Waals surface area contributed by atoms with Crippen molar-refractivity contribution in [3.63, 3.8) is 0 Å². The topological polar surface area (TPSA) is 18.5 Å². The van der Waals surface area contributed by atoms with Crippen LogP contribution in [0.5, 0.6) is 11.5 Å². The Hall–Kier alpha value is -3.52. The van der Waals surface area contributed by atoms with Crippen LogP contribution in [0.2, 0.25) is 0 Å². The average molecular weight is 507 g/mol. The van der Waals surface area contributed by atoms with Gasteiger partial charge in [0, 0.05) is 0 Å². The summed E-state index contributed by atoms with van der Waals surface area (Å²) < 4.78 is 11.8. The zero-order valence-corrected chi connectivity index (χ0v) is 23.1. The van der Waals surface area contributed by atoms with Gasteiger partial charge in [-0.15, -0.1) is 0 Å². The summed E-state index contributed by atoms with van der Waals surface area (Å²) in [5.74, 6) is 1.90. The second-order valence-corrected chi connectivity index (χ2v) is 10.0. The molecule has 0 bridgehead atoms. The van der Waals surface area contributed by atoms with Gasteiger partial charge in [-0.2, -0.15) is 0 Å². The second-order valence-electron chi connectivity index (χ2n) is 10.0. The third kappa shape index (κ3) is 8.25. The van der Waals surface area contributed by atoms with E-state index in [1.165, 1.54) is 71.9 Å². The fraction of sp³-hybridized carbons (Fsp3) is 0.333. The molecule has 0 atom stereocenters. The molecule has 0 aromatic heterocycles. The molecule has 0 saturated carbocycles. The summed E-state index contributed by atoms with van der Waals surface area (Å²) in [5, 5.41) is 0. The fourth-order valence-electron chi connectivity index (χ4n) is 4.64. The Kier molecular flexibility index (Phi) is 10.9. The van der Waals surface area contributed by atoms with Crippen molar-refractivity contribution in [2.45, 2.75) is 65.2 Å². The Morgan fingerprint density at radius 1 is 0.342 bits per heavy atom. The van der Waals surface area contributed by atoms with Crippen LogP contribution in [0.25, 0.3) is 33.4 Å². The lowest BCUT2D eigenvalue weighted by Crippen LogP contribution is -1.96. The minimum Gasteiger partial charge on any atom is -0.494 e. The highest BCUT2D eigenvalue weighted by atomic mass is 16.5. The van der Waals surface area contributed by atoms with Crippen LogP contribution >= 0.6 is 0 Å². The van der Waals surface area contributed by atoms with Crippen molar-refractivity contribution in [3.8, 4) is 44.9 Å². The minimum absolute atomic E-state index is 0.797. The summed E-state index contributed by atoms with van der Waals surface area (Å²) in [6.07, 6.45) is 9.80. The number of hydrogen-bond acceptors (Lipinski definition) is 2. The van der Waals surface area contributed by atoms with Crippen molar-refractivity contribution in [2.24, 2.45) is 0 Å². The number of ether oxygens (including phenoxy) is 2. The van der Waals surface area contributed by atoms with E-state index in [4.69, 9.17) is 9.47 Å². The second kappa shape index (κ2) is 15.0. The van der Waals surface area contributed by atoms with Gasteiger partial charge in [0.25, 0.3) is 0 Å². The molecule has 38 heavy (non-hydrogen) atoms. The first-order valence-corrected chi connectivity index (χ1v) is 14.4. The average Bonchev–Trinajstić information content (AvgIpc) is 2.98. The molecule has 4 rings (SSSR count). The summed E-state index contributed by atoms with van der Waals surface area (Å²) in [4.78, 5) is 0. The third-order valence-corrected chi connectivity index (χ3v) is 7.01. The SMILES string of the molecule is CCCCCCOc1ccc(-c2ccc(-c3ccc(-c4ccc(OCCCCCC)cc4)cc3)cc2)cc1. The molecule has 198 valence electrons. The van der Waals surface area contributed by atoms with Crippen LogP contribution in [0.3, 0.4) is 0 Å². The van der Waals surface area contributed by atoms with Crippen molar-refractivity contribution < 1.29 is 9.47 Å². The molecular weight excluding hydrogens is 464 g/mol. The van der Waals surface area contributed by atoms with Gasteiger partial charge in [0.2, 0.25) is 0 Å². The highest BCUT2D eigenvalue weighted by Gasteiger charge is 2.04. The molecule has 2 nitrogen and oxygen atoms in total.